The van der Waals surface area contributed by atoms with Crippen LogP contribution < -0.4 is 5.43 Å². The summed E-state index contributed by atoms with van der Waals surface area (Å²) in [6.07, 6.45) is 0.936. The summed E-state index contributed by atoms with van der Waals surface area (Å²) in [6.45, 7) is 4.30. The van der Waals surface area contributed by atoms with Gasteiger partial charge in [0, 0.05) is 48.5 Å². The third kappa shape index (κ3) is 4.52. The fourth-order valence-corrected chi connectivity index (χ4v) is 4.83. The van der Waals surface area contributed by atoms with E-state index in [0.717, 1.165) is 48.7 Å². The lowest BCUT2D eigenvalue weighted by molar-refractivity contribution is -0.131. The molecule has 0 bridgehead atoms. The van der Waals surface area contributed by atoms with Gasteiger partial charge in [-0.1, -0.05) is 48.0 Å². The average molecular weight is 460 g/mol. The van der Waals surface area contributed by atoms with E-state index in [0.29, 0.717) is 17.3 Å². The maximum Gasteiger partial charge on any atom is 0.242 e. The zero-order chi connectivity index (χ0) is 22.8. The van der Waals surface area contributed by atoms with Gasteiger partial charge in [-0.15, -0.1) is 0 Å². The number of amides is 1. The van der Waals surface area contributed by atoms with E-state index in [2.05, 4.69) is 17.0 Å². The number of hydrogen-bond donors (Lipinski definition) is 0. The van der Waals surface area contributed by atoms with Crippen LogP contribution in [0.2, 0.25) is 5.02 Å². The Labute approximate surface area is 197 Å². The van der Waals surface area contributed by atoms with Crippen LogP contribution in [-0.2, 0) is 17.9 Å². The van der Waals surface area contributed by atoms with Crippen LogP contribution in [0.15, 0.2) is 77.6 Å². The monoisotopic (exact) mass is 459 g/mol. The number of fused-ring (bicyclic) bond motifs is 2. The highest BCUT2D eigenvalue weighted by Gasteiger charge is 2.21. The minimum absolute atomic E-state index is 0.0116. The Morgan fingerprint density at radius 3 is 2.09 bits per heavy atom. The highest BCUT2D eigenvalue weighted by Crippen LogP contribution is 2.20. The first-order valence-electron chi connectivity index (χ1n) is 11.3. The van der Waals surface area contributed by atoms with Crippen molar-refractivity contribution in [2.24, 2.45) is 0 Å². The van der Waals surface area contributed by atoms with E-state index in [1.165, 1.54) is 5.56 Å². The maximum absolute atomic E-state index is 13.4. The van der Waals surface area contributed by atoms with Crippen molar-refractivity contribution in [3.8, 4) is 0 Å². The quantitative estimate of drug-likeness (QED) is 0.421. The second-order valence-corrected chi connectivity index (χ2v) is 9.02. The van der Waals surface area contributed by atoms with E-state index >= 15 is 0 Å². The van der Waals surface area contributed by atoms with Gasteiger partial charge in [-0.05, 0) is 48.4 Å². The molecule has 3 aromatic carbocycles. The Morgan fingerprint density at radius 2 is 1.42 bits per heavy atom. The lowest BCUT2D eigenvalue weighted by atomic mass is 10.1. The molecule has 6 heteroatoms. The van der Waals surface area contributed by atoms with Crippen molar-refractivity contribution < 1.29 is 4.79 Å². The van der Waals surface area contributed by atoms with Gasteiger partial charge in [0.1, 0.15) is 6.54 Å². The molecule has 1 amide bonds. The summed E-state index contributed by atoms with van der Waals surface area (Å²) in [5.41, 5.74) is 2.84. The van der Waals surface area contributed by atoms with Gasteiger partial charge in [0.25, 0.3) is 0 Å². The molecule has 33 heavy (non-hydrogen) atoms. The molecule has 5 rings (SSSR count). The first-order chi connectivity index (χ1) is 16.1. The second-order valence-electron chi connectivity index (χ2n) is 8.59. The molecule has 168 valence electrons. The van der Waals surface area contributed by atoms with Gasteiger partial charge in [-0.2, -0.15) is 0 Å². The van der Waals surface area contributed by atoms with Crippen molar-refractivity contribution >= 4 is 39.3 Å². The molecule has 0 aliphatic carbocycles. The minimum Gasteiger partial charge on any atom is -0.340 e. The largest absolute Gasteiger partial charge is 0.340 e. The molecule has 0 radical (unpaired) electrons. The van der Waals surface area contributed by atoms with Crippen molar-refractivity contribution in [2.75, 3.05) is 26.2 Å². The number of para-hydroxylation sites is 2. The SMILES string of the molecule is O=C(Cn1c2ccccc2c(=O)c2ccccc21)N1CCCN(Cc2ccc(Cl)cc2)CC1. The van der Waals surface area contributed by atoms with Crippen molar-refractivity contribution in [3.05, 3.63) is 93.6 Å². The van der Waals surface area contributed by atoms with Crippen LogP contribution in [0, 0.1) is 0 Å². The lowest BCUT2D eigenvalue weighted by Gasteiger charge is -2.23. The Bertz CT molecular complexity index is 1300. The number of carbonyl (C=O) groups excluding carboxylic acids is 1. The van der Waals surface area contributed by atoms with Crippen molar-refractivity contribution in [1.82, 2.24) is 14.4 Å². The molecular formula is C27H26ClN3O2. The zero-order valence-corrected chi connectivity index (χ0v) is 19.2. The summed E-state index contributed by atoms with van der Waals surface area (Å²) in [6, 6.07) is 23.1. The number of hydrogen-bond acceptors (Lipinski definition) is 3. The highest BCUT2D eigenvalue weighted by molar-refractivity contribution is 6.30. The fraction of sp³-hybridized carbons (Fsp3) is 0.259. The first kappa shape index (κ1) is 21.7. The van der Waals surface area contributed by atoms with Crippen molar-refractivity contribution in [2.45, 2.75) is 19.5 Å². The predicted molar refractivity (Wildman–Crippen MR) is 134 cm³/mol. The molecule has 4 aromatic rings. The fourth-order valence-electron chi connectivity index (χ4n) is 4.71. The molecule has 0 atom stereocenters. The van der Waals surface area contributed by atoms with Crippen LogP contribution in [0.5, 0.6) is 0 Å². The Kier molecular flexibility index (Phi) is 6.16. The van der Waals surface area contributed by atoms with Crippen molar-refractivity contribution in [1.29, 1.82) is 0 Å². The Hall–Kier alpha value is -3.15. The smallest absolute Gasteiger partial charge is 0.242 e. The van der Waals surface area contributed by atoms with Crippen LogP contribution in [0.1, 0.15) is 12.0 Å². The van der Waals surface area contributed by atoms with Gasteiger partial charge in [0.2, 0.25) is 5.91 Å². The zero-order valence-electron chi connectivity index (χ0n) is 18.4. The molecule has 1 aromatic heterocycles. The van der Waals surface area contributed by atoms with Gasteiger partial charge in [0.15, 0.2) is 5.43 Å². The molecule has 1 aliphatic rings. The van der Waals surface area contributed by atoms with E-state index in [1.807, 2.05) is 70.1 Å². The van der Waals surface area contributed by atoms with Crippen LogP contribution in [0.25, 0.3) is 21.8 Å². The number of pyridine rings is 1. The normalized spacial score (nSPS) is 15.1. The number of nitrogens with zero attached hydrogens (tertiary/aromatic N) is 3. The first-order valence-corrected chi connectivity index (χ1v) is 11.7. The van der Waals surface area contributed by atoms with Crippen LogP contribution in [0.4, 0.5) is 0 Å². The molecule has 1 aliphatic heterocycles. The Morgan fingerprint density at radius 1 is 0.788 bits per heavy atom. The van der Waals surface area contributed by atoms with E-state index in [1.54, 1.807) is 0 Å². The van der Waals surface area contributed by atoms with Crippen LogP contribution >= 0.6 is 11.6 Å². The number of carbonyl (C=O) groups is 1. The van der Waals surface area contributed by atoms with Gasteiger partial charge >= 0.3 is 0 Å². The number of rotatable bonds is 4. The third-order valence-electron chi connectivity index (χ3n) is 6.43. The topological polar surface area (TPSA) is 45.6 Å². The van der Waals surface area contributed by atoms with E-state index < -0.39 is 0 Å². The molecule has 5 nitrogen and oxygen atoms in total. The summed E-state index contributed by atoms with van der Waals surface area (Å²) in [5, 5.41) is 2.04. The number of benzene rings is 3. The van der Waals surface area contributed by atoms with E-state index in [9.17, 15) is 9.59 Å². The molecule has 1 saturated heterocycles. The summed E-state index contributed by atoms with van der Waals surface area (Å²) in [7, 11) is 0. The highest BCUT2D eigenvalue weighted by atomic mass is 35.5. The van der Waals surface area contributed by atoms with E-state index in [-0.39, 0.29) is 17.9 Å². The summed E-state index contributed by atoms with van der Waals surface area (Å²) in [5.74, 6) is 0.0855. The van der Waals surface area contributed by atoms with Crippen LogP contribution in [0.3, 0.4) is 0 Å². The molecule has 0 N–H and O–H groups in total. The minimum atomic E-state index is 0.0116. The van der Waals surface area contributed by atoms with Gasteiger partial charge in [-0.3, -0.25) is 14.5 Å². The lowest BCUT2D eigenvalue weighted by Crippen LogP contribution is -2.37. The number of halogens is 1. The molecule has 1 fully saturated rings. The molecular weight excluding hydrogens is 434 g/mol. The Balaban J connectivity index is 1.36. The van der Waals surface area contributed by atoms with E-state index in [4.69, 9.17) is 11.6 Å². The molecule has 0 saturated carbocycles. The second kappa shape index (κ2) is 9.38. The number of aromatic nitrogens is 1. The molecule has 0 spiro atoms. The summed E-state index contributed by atoms with van der Waals surface area (Å²) in [4.78, 5) is 30.7. The standard InChI is InChI=1S/C27H26ClN3O2/c28-21-12-10-20(11-13-21)18-29-14-5-15-30(17-16-29)26(32)19-31-24-8-3-1-6-22(24)27(33)23-7-2-4-9-25(23)31/h1-4,6-13H,5,14-19H2. The summed E-state index contributed by atoms with van der Waals surface area (Å²) >= 11 is 6.01. The summed E-state index contributed by atoms with van der Waals surface area (Å²) < 4.78 is 1.99. The van der Waals surface area contributed by atoms with Gasteiger partial charge < -0.3 is 9.47 Å². The predicted octanol–water partition coefficient (Wildman–Crippen LogP) is 4.54. The van der Waals surface area contributed by atoms with Gasteiger partial charge in [0.05, 0.1) is 11.0 Å². The van der Waals surface area contributed by atoms with Crippen molar-refractivity contribution in [3.63, 3.8) is 0 Å². The van der Waals surface area contributed by atoms with Gasteiger partial charge in [-0.25, -0.2) is 0 Å². The van der Waals surface area contributed by atoms with Crippen LogP contribution in [-0.4, -0.2) is 46.5 Å². The third-order valence-corrected chi connectivity index (χ3v) is 6.68. The molecule has 0 unspecified atom stereocenters. The average Bonchev–Trinajstić information content (AvgIpc) is 3.09. The maximum atomic E-state index is 13.4. The molecule has 2 heterocycles.